The molecular weight excluding hydrogens is 327 g/mol. The molecule has 5 nitrogen and oxygen atoms in total. The van der Waals surface area contributed by atoms with Crippen LogP contribution in [0.3, 0.4) is 0 Å². The molecule has 0 unspecified atom stereocenters. The second-order valence-electron chi connectivity index (χ2n) is 4.91. The third kappa shape index (κ3) is 2.62. The highest BCUT2D eigenvalue weighted by atomic mass is 19.4. The van der Waals surface area contributed by atoms with E-state index in [1.807, 2.05) is 0 Å². The fourth-order valence-electron chi connectivity index (χ4n) is 2.21. The SMILES string of the molecule is O=C(ON1C(=O)c2ccccc2C1=O)c1cccc(C(F)(F)F)c1. The van der Waals surface area contributed by atoms with Gasteiger partial charge in [0.15, 0.2) is 0 Å². The van der Waals surface area contributed by atoms with Crippen LogP contribution in [-0.2, 0) is 11.0 Å². The Labute approximate surface area is 133 Å². The molecule has 2 aromatic carbocycles. The smallest absolute Gasteiger partial charge is 0.324 e. The molecule has 1 aliphatic heterocycles. The lowest BCUT2D eigenvalue weighted by atomic mass is 10.1. The first-order chi connectivity index (χ1) is 11.3. The molecule has 0 saturated heterocycles. The van der Waals surface area contributed by atoms with Crippen LogP contribution in [0.25, 0.3) is 0 Å². The van der Waals surface area contributed by atoms with Crippen LogP contribution in [0.5, 0.6) is 0 Å². The van der Waals surface area contributed by atoms with Crippen LogP contribution < -0.4 is 0 Å². The largest absolute Gasteiger partial charge is 0.416 e. The average molecular weight is 335 g/mol. The van der Waals surface area contributed by atoms with E-state index in [2.05, 4.69) is 0 Å². The fourth-order valence-corrected chi connectivity index (χ4v) is 2.21. The van der Waals surface area contributed by atoms with Gasteiger partial charge in [-0.25, -0.2) is 4.79 Å². The molecule has 0 aliphatic carbocycles. The van der Waals surface area contributed by atoms with Crippen LogP contribution in [-0.4, -0.2) is 22.8 Å². The Morgan fingerprint density at radius 2 is 1.50 bits per heavy atom. The van der Waals surface area contributed by atoms with Gasteiger partial charge in [-0.15, -0.1) is 0 Å². The maximum absolute atomic E-state index is 12.7. The zero-order chi connectivity index (χ0) is 17.5. The van der Waals surface area contributed by atoms with E-state index in [9.17, 15) is 27.6 Å². The second-order valence-corrected chi connectivity index (χ2v) is 4.91. The van der Waals surface area contributed by atoms with Crippen LogP contribution in [0.2, 0.25) is 0 Å². The van der Waals surface area contributed by atoms with Gasteiger partial charge in [0.05, 0.1) is 22.3 Å². The molecule has 122 valence electrons. The summed E-state index contributed by atoms with van der Waals surface area (Å²) < 4.78 is 38.0. The molecule has 0 atom stereocenters. The Morgan fingerprint density at radius 1 is 0.917 bits per heavy atom. The Morgan fingerprint density at radius 3 is 2.04 bits per heavy atom. The predicted octanol–water partition coefficient (Wildman–Crippen LogP) is 3.07. The molecule has 1 heterocycles. The standard InChI is InChI=1S/C16H8F3NO4/c17-16(18,19)10-5-3-4-9(8-10)15(23)24-20-13(21)11-6-1-2-7-12(11)14(20)22/h1-8H. The first kappa shape index (κ1) is 15.7. The van der Waals surface area contributed by atoms with Crippen molar-refractivity contribution in [3.63, 3.8) is 0 Å². The monoisotopic (exact) mass is 335 g/mol. The third-order valence-corrected chi connectivity index (χ3v) is 3.36. The van der Waals surface area contributed by atoms with Gasteiger partial charge in [0, 0.05) is 0 Å². The lowest BCUT2D eigenvalue weighted by Gasteiger charge is -2.13. The minimum absolute atomic E-state index is 0.0549. The van der Waals surface area contributed by atoms with Crippen molar-refractivity contribution in [3.8, 4) is 0 Å². The van der Waals surface area contributed by atoms with E-state index < -0.39 is 35.1 Å². The van der Waals surface area contributed by atoms with Crippen LogP contribution in [0.1, 0.15) is 36.6 Å². The number of rotatable bonds is 2. The van der Waals surface area contributed by atoms with E-state index in [1.165, 1.54) is 24.3 Å². The van der Waals surface area contributed by atoms with E-state index in [1.54, 1.807) is 0 Å². The fraction of sp³-hybridized carbons (Fsp3) is 0.0625. The zero-order valence-electron chi connectivity index (χ0n) is 11.8. The van der Waals surface area contributed by atoms with Crippen LogP contribution in [0.15, 0.2) is 48.5 Å². The van der Waals surface area contributed by atoms with Gasteiger partial charge in [-0.3, -0.25) is 9.59 Å². The van der Waals surface area contributed by atoms with E-state index in [0.29, 0.717) is 6.07 Å². The highest BCUT2D eigenvalue weighted by Gasteiger charge is 2.39. The van der Waals surface area contributed by atoms with E-state index in [0.717, 1.165) is 18.2 Å². The maximum atomic E-state index is 12.7. The second kappa shape index (κ2) is 5.48. The molecule has 0 saturated carbocycles. The Kier molecular flexibility index (Phi) is 3.59. The Bertz CT molecular complexity index is 825. The number of carbonyl (C=O) groups excluding carboxylic acids is 3. The number of hydrogen-bond acceptors (Lipinski definition) is 4. The summed E-state index contributed by atoms with van der Waals surface area (Å²) in [5.41, 5.74) is -1.36. The summed E-state index contributed by atoms with van der Waals surface area (Å²) in [4.78, 5) is 40.8. The van der Waals surface area contributed by atoms with Gasteiger partial charge in [0.1, 0.15) is 0 Å². The van der Waals surface area contributed by atoms with Crippen molar-refractivity contribution in [2.75, 3.05) is 0 Å². The van der Waals surface area contributed by atoms with E-state index in [-0.39, 0.29) is 16.2 Å². The van der Waals surface area contributed by atoms with E-state index >= 15 is 0 Å². The molecule has 0 radical (unpaired) electrons. The normalized spacial score (nSPS) is 13.9. The van der Waals surface area contributed by atoms with E-state index in [4.69, 9.17) is 4.84 Å². The molecule has 0 fully saturated rings. The number of halogens is 3. The number of benzene rings is 2. The molecule has 1 aliphatic rings. The number of carbonyl (C=O) groups is 3. The molecule has 8 heteroatoms. The summed E-state index contributed by atoms with van der Waals surface area (Å²) >= 11 is 0. The summed E-state index contributed by atoms with van der Waals surface area (Å²) in [5.74, 6) is -2.94. The molecule has 0 aromatic heterocycles. The van der Waals surface area contributed by atoms with Gasteiger partial charge < -0.3 is 4.84 Å². The minimum Gasteiger partial charge on any atom is -0.324 e. The molecule has 2 aromatic rings. The first-order valence-electron chi connectivity index (χ1n) is 6.66. The van der Waals surface area contributed by atoms with Crippen molar-refractivity contribution in [1.82, 2.24) is 5.06 Å². The van der Waals surface area contributed by atoms with Crippen molar-refractivity contribution in [3.05, 3.63) is 70.8 Å². The van der Waals surface area contributed by atoms with Gasteiger partial charge in [0.2, 0.25) is 0 Å². The minimum atomic E-state index is -4.63. The van der Waals surface area contributed by atoms with Crippen molar-refractivity contribution in [2.24, 2.45) is 0 Å². The molecule has 0 N–H and O–H groups in total. The van der Waals surface area contributed by atoms with Crippen LogP contribution in [0, 0.1) is 0 Å². The summed E-state index contributed by atoms with van der Waals surface area (Å²) in [6, 6.07) is 9.32. The first-order valence-corrected chi connectivity index (χ1v) is 6.66. The Balaban J connectivity index is 1.84. The molecular formula is C16H8F3NO4. The number of imide groups is 1. The summed E-state index contributed by atoms with van der Waals surface area (Å²) in [5, 5.41) is 0.243. The highest BCUT2D eigenvalue weighted by Crippen LogP contribution is 2.30. The zero-order valence-corrected chi connectivity index (χ0v) is 11.8. The number of amides is 2. The molecule has 24 heavy (non-hydrogen) atoms. The molecule has 3 rings (SSSR count). The predicted molar refractivity (Wildman–Crippen MR) is 73.8 cm³/mol. The van der Waals surface area contributed by atoms with Gasteiger partial charge >= 0.3 is 12.1 Å². The average Bonchev–Trinajstić information content (AvgIpc) is 2.80. The van der Waals surface area contributed by atoms with Crippen molar-refractivity contribution in [1.29, 1.82) is 0 Å². The van der Waals surface area contributed by atoms with Crippen molar-refractivity contribution in [2.45, 2.75) is 6.18 Å². The summed E-state index contributed by atoms with van der Waals surface area (Å²) in [7, 11) is 0. The van der Waals surface area contributed by atoms with Gasteiger partial charge in [-0.2, -0.15) is 13.2 Å². The van der Waals surface area contributed by atoms with Crippen molar-refractivity contribution < 1.29 is 32.4 Å². The lowest BCUT2D eigenvalue weighted by Crippen LogP contribution is -2.32. The summed E-state index contributed by atoms with van der Waals surface area (Å²) in [6.45, 7) is 0. The molecule has 2 amide bonds. The number of nitrogens with zero attached hydrogens (tertiary/aromatic N) is 1. The number of fused-ring (bicyclic) bond motifs is 1. The summed E-state index contributed by atoms with van der Waals surface area (Å²) in [6.07, 6.45) is -4.63. The van der Waals surface area contributed by atoms with Gasteiger partial charge in [0.25, 0.3) is 11.8 Å². The molecule has 0 bridgehead atoms. The van der Waals surface area contributed by atoms with Crippen LogP contribution in [0.4, 0.5) is 13.2 Å². The Hall–Kier alpha value is -3.16. The van der Waals surface area contributed by atoms with Crippen molar-refractivity contribution >= 4 is 17.8 Å². The van der Waals surface area contributed by atoms with Gasteiger partial charge in [-0.05, 0) is 30.3 Å². The van der Waals surface area contributed by atoms with Gasteiger partial charge in [-0.1, -0.05) is 23.3 Å². The highest BCUT2D eigenvalue weighted by molar-refractivity contribution is 6.21. The third-order valence-electron chi connectivity index (χ3n) is 3.36. The number of hydroxylamine groups is 2. The van der Waals surface area contributed by atoms with Crippen LogP contribution >= 0.6 is 0 Å². The number of hydrogen-bond donors (Lipinski definition) is 0. The topological polar surface area (TPSA) is 63.7 Å². The quantitative estimate of drug-likeness (QED) is 0.791. The lowest BCUT2D eigenvalue weighted by molar-refractivity contribution is -0.137. The number of alkyl halides is 3. The molecule has 0 spiro atoms. The maximum Gasteiger partial charge on any atom is 0.416 e.